The van der Waals surface area contributed by atoms with Gasteiger partial charge >= 0.3 is 5.97 Å². The molecule has 0 aromatic carbocycles. The van der Waals surface area contributed by atoms with E-state index in [2.05, 4.69) is 6.08 Å². The Balaban J connectivity index is 2.27. The van der Waals surface area contributed by atoms with Crippen LogP contribution in [0.2, 0.25) is 0 Å². The lowest BCUT2D eigenvalue weighted by molar-refractivity contribution is -0.138. The van der Waals surface area contributed by atoms with E-state index in [4.69, 9.17) is 10.8 Å². The molecule has 1 amide bonds. The Hall–Kier alpha value is -1.01. The monoisotopic (exact) mass is 258 g/mol. The van der Waals surface area contributed by atoms with E-state index < -0.39 is 12.0 Å². The highest BCUT2D eigenvalue weighted by molar-refractivity contribution is 8.00. The molecule has 0 spiro atoms. The Morgan fingerprint density at radius 3 is 2.88 bits per heavy atom. The molecule has 0 radical (unpaired) electrons. The second-order valence-corrected chi connectivity index (χ2v) is 5.03. The number of nitrogens with two attached hydrogens (primary N) is 1. The third kappa shape index (κ3) is 4.40. The molecule has 0 aromatic rings. The zero-order valence-corrected chi connectivity index (χ0v) is 10.7. The quantitative estimate of drug-likeness (QED) is 0.731. The lowest BCUT2D eigenvalue weighted by atomic mass is 10.3. The minimum absolute atomic E-state index is 0.000684. The molecule has 0 aliphatic heterocycles. The highest BCUT2D eigenvalue weighted by atomic mass is 32.2. The van der Waals surface area contributed by atoms with Crippen molar-refractivity contribution >= 4 is 23.6 Å². The summed E-state index contributed by atoms with van der Waals surface area (Å²) in [5.74, 6) is -0.500. The van der Waals surface area contributed by atoms with Gasteiger partial charge in [0, 0.05) is 18.5 Å². The molecule has 0 saturated carbocycles. The van der Waals surface area contributed by atoms with E-state index in [1.165, 1.54) is 11.8 Å². The van der Waals surface area contributed by atoms with Gasteiger partial charge in [-0.15, -0.1) is 11.8 Å². The molecule has 5 nitrogen and oxygen atoms in total. The third-order valence-electron chi connectivity index (χ3n) is 2.66. The lowest BCUT2D eigenvalue weighted by Crippen LogP contribution is -2.33. The van der Waals surface area contributed by atoms with Crippen LogP contribution in [0.25, 0.3) is 0 Å². The summed E-state index contributed by atoms with van der Waals surface area (Å²) in [7, 11) is 1.76. The van der Waals surface area contributed by atoms with Crippen molar-refractivity contribution in [2.75, 3.05) is 18.6 Å². The Morgan fingerprint density at radius 1 is 1.65 bits per heavy atom. The van der Waals surface area contributed by atoms with Gasteiger partial charge in [-0.3, -0.25) is 9.59 Å². The molecule has 0 heterocycles. The van der Waals surface area contributed by atoms with Crippen LogP contribution in [0.1, 0.15) is 19.3 Å². The molecule has 6 heteroatoms. The van der Waals surface area contributed by atoms with Gasteiger partial charge < -0.3 is 15.7 Å². The number of hydrogen-bond acceptors (Lipinski definition) is 4. The fraction of sp³-hybridized carbons (Fsp3) is 0.636. The van der Waals surface area contributed by atoms with Crippen molar-refractivity contribution < 1.29 is 14.7 Å². The number of carboxylic acid groups (broad SMARTS) is 1. The number of nitrogens with zero attached hydrogens (tertiary/aromatic N) is 1. The van der Waals surface area contributed by atoms with E-state index in [0.29, 0.717) is 0 Å². The number of carbonyl (C=O) groups is 2. The number of rotatable bonds is 6. The van der Waals surface area contributed by atoms with Gasteiger partial charge in [-0.1, -0.05) is 6.08 Å². The first kappa shape index (κ1) is 14.1. The van der Waals surface area contributed by atoms with Crippen molar-refractivity contribution in [3.8, 4) is 0 Å². The summed E-state index contributed by atoms with van der Waals surface area (Å²) in [5.41, 5.74) is 6.41. The number of aliphatic carboxylic acids is 1. The first-order chi connectivity index (χ1) is 8.02. The highest BCUT2D eigenvalue weighted by Gasteiger charge is 2.17. The topological polar surface area (TPSA) is 83.6 Å². The zero-order valence-electron chi connectivity index (χ0n) is 9.89. The summed E-state index contributed by atoms with van der Waals surface area (Å²) in [6.45, 7) is 0. The Labute approximate surface area is 105 Å². The average molecular weight is 258 g/mol. The number of thioether (sulfide) groups is 1. The first-order valence-corrected chi connectivity index (χ1v) is 6.69. The standard InChI is InChI=1S/C11H18N2O3S/c1-13(8-4-2-3-5-8)10(14)7-17-6-9(12)11(15)16/h4,9H,2-3,5-7,12H2,1H3,(H,15,16). The molecule has 1 aliphatic carbocycles. The van der Waals surface area contributed by atoms with Gasteiger partial charge in [-0.25, -0.2) is 0 Å². The first-order valence-electron chi connectivity index (χ1n) is 5.54. The second kappa shape index (κ2) is 6.66. The van der Waals surface area contributed by atoms with Gasteiger partial charge in [0.15, 0.2) is 0 Å². The molecule has 0 saturated heterocycles. The maximum absolute atomic E-state index is 11.8. The highest BCUT2D eigenvalue weighted by Crippen LogP contribution is 2.20. The molecular weight excluding hydrogens is 240 g/mol. The van der Waals surface area contributed by atoms with Gasteiger partial charge in [-0.05, 0) is 19.3 Å². The van der Waals surface area contributed by atoms with Crippen molar-refractivity contribution in [3.05, 3.63) is 11.8 Å². The normalized spacial score (nSPS) is 16.5. The average Bonchev–Trinajstić information content (AvgIpc) is 2.80. The van der Waals surface area contributed by atoms with Crippen LogP contribution in [0.15, 0.2) is 11.8 Å². The van der Waals surface area contributed by atoms with Gasteiger partial charge in [0.05, 0.1) is 5.75 Å². The molecule has 1 atom stereocenters. The van der Waals surface area contributed by atoms with Gasteiger partial charge in [0.2, 0.25) is 5.91 Å². The van der Waals surface area contributed by atoms with Crippen LogP contribution < -0.4 is 5.73 Å². The van der Waals surface area contributed by atoms with Crippen LogP contribution in [0.5, 0.6) is 0 Å². The zero-order chi connectivity index (χ0) is 12.8. The molecule has 96 valence electrons. The fourth-order valence-corrected chi connectivity index (χ4v) is 2.44. The van der Waals surface area contributed by atoms with Crippen molar-refractivity contribution in [1.82, 2.24) is 4.90 Å². The summed E-state index contributed by atoms with van der Waals surface area (Å²) < 4.78 is 0. The Morgan fingerprint density at radius 2 is 2.35 bits per heavy atom. The summed E-state index contributed by atoms with van der Waals surface area (Å²) in [4.78, 5) is 23.9. The largest absolute Gasteiger partial charge is 0.480 e. The SMILES string of the molecule is CN(C(=O)CSCC(N)C(=O)O)C1=CCCC1. The van der Waals surface area contributed by atoms with Crippen LogP contribution >= 0.6 is 11.8 Å². The number of amides is 1. The number of carbonyl (C=O) groups excluding carboxylic acids is 1. The van der Waals surface area contributed by atoms with Crippen molar-refractivity contribution in [1.29, 1.82) is 0 Å². The van der Waals surface area contributed by atoms with Crippen LogP contribution in [0, 0.1) is 0 Å². The summed E-state index contributed by atoms with van der Waals surface area (Å²) in [6.07, 6.45) is 5.15. The summed E-state index contributed by atoms with van der Waals surface area (Å²) in [6, 6.07) is -0.899. The van der Waals surface area contributed by atoms with Crippen LogP contribution in [-0.4, -0.2) is 46.5 Å². The maximum Gasteiger partial charge on any atom is 0.321 e. The van der Waals surface area contributed by atoms with Crippen LogP contribution in [0.3, 0.4) is 0 Å². The summed E-state index contributed by atoms with van der Waals surface area (Å²) >= 11 is 1.26. The van der Waals surface area contributed by atoms with Crippen molar-refractivity contribution in [2.45, 2.75) is 25.3 Å². The molecule has 3 N–H and O–H groups in total. The van der Waals surface area contributed by atoms with Gasteiger partial charge in [0.25, 0.3) is 0 Å². The van der Waals surface area contributed by atoms with Crippen molar-refractivity contribution in [2.24, 2.45) is 5.73 Å². The number of hydrogen-bond donors (Lipinski definition) is 2. The Kier molecular flexibility index (Phi) is 5.50. The Bertz CT molecular complexity index is 331. The molecule has 0 bridgehead atoms. The summed E-state index contributed by atoms with van der Waals surface area (Å²) in [5, 5.41) is 8.59. The van der Waals surface area contributed by atoms with Crippen molar-refractivity contribution in [3.63, 3.8) is 0 Å². The molecular formula is C11H18N2O3S. The smallest absolute Gasteiger partial charge is 0.321 e. The minimum atomic E-state index is -1.03. The molecule has 1 rings (SSSR count). The maximum atomic E-state index is 11.8. The third-order valence-corrected chi connectivity index (χ3v) is 3.71. The predicted octanol–water partition coefficient (Wildman–Crippen LogP) is 0.658. The molecule has 0 aromatic heterocycles. The van der Waals surface area contributed by atoms with Gasteiger partial charge in [0.1, 0.15) is 6.04 Å². The van der Waals surface area contributed by atoms with Crippen LogP contribution in [0.4, 0.5) is 0 Å². The van der Waals surface area contributed by atoms with Crippen LogP contribution in [-0.2, 0) is 9.59 Å². The van der Waals surface area contributed by atoms with E-state index in [1.54, 1.807) is 11.9 Å². The van der Waals surface area contributed by atoms with E-state index >= 15 is 0 Å². The van der Waals surface area contributed by atoms with E-state index in [0.717, 1.165) is 25.0 Å². The molecule has 0 fully saturated rings. The van der Waals surface area contributed by atoms with E-state index in [9.17, 15) is 9.59 Å². The predicted molar refractivity (Wildman–Crippen MR) is 67.6 cm³/mol. The fourth-order valence-electron chi connectivity index (χ4n) is 1.56. The second-order valence-electron chi connectivity index (χ2n) is 4.00. The van der Waals surface area contributed by atoms with Gasteiger partial charge in [-0.2, -0.15) is 0 Å². The number of carboxylic acids is 1. The lowest BCUT2D eigenvalue weighted by Gasteiger charge is -2.18. The van der Waals surface area contributed by atoms with E-state index in [1.807, 2.05) is 0 Å². The minimum Gasteiger partial charge on any atom is -0.480 e. The molecule has 17 heavy (non-hydrogen) atoms. The molecule has 1 unspecified atom stereocenters. The number of allylic oxidation sites excluding steroid dienone is 2. The van der Waals surface area contributed by atoms with E-state index in [-0.39, 0.29) is 17.4 Å². The molecule has 1 aliphatic rings.